The van der Waals surface area contributed by atoms with Gasteiger partial charge in [-0.25, -0.2) is 4.39 Å². The summed E-state index contributed by atoms with van der Waals surface area (Å²) in [6.07, 6.45) is 0.421. The summed E-state index contributed by atoms with van der Waals surface area (Å²) in [5, 5.41) is 18.1. The minimum absolute atomic E-state index is 0.149. The highest BCUT2D eigenvalue weighted by molar-refractivity contribution is 5.85. The number of aliphatic hydroxyl groups excluding tert-OH is 1. The molecule has 15 heavy (non-hydrogen) atoms. The van der Waals surface area contributed by atoms with E-state index in [9.17, 15) is 9.18 Å². The van der Waals surface area contributed by atoms with Crippen LogP contribution < -0.4 is 0 Å². The molecule has 2 atom stereocenters. The Labute approximate surface area is 86.2 Å². The van der Waals surface area contributed by atoms with Crippen LogP contribution >= 0.6 is 0 Å². The van der Waals surface area contributed by atoms with E-state index < -0.39 is 11.4 Å². The van der Waals surface area contributed by atoms with Gasteiger partial charge in [-0.05, 0) is 24.1 Å². The lowest BCUT2D eigenvalue weighted by Gasteiger charge is -2.11. The van der Waals surface area contributed by atoms with Crippen molar-refractivity contribution in [3.8, 4) is 0 Å². The molecular formula is C11H11FO3. The van der Waals surface area contributed by atoms with Gasteiger partial charge in [-0.15, -0.1) is 0 Å². The average molecular weight is 210 g/mol. The third-order valence-electron chi connectivity index (χ3n) is 3.07. The maximum atomic E-state index is 12.7. The van der Waals surface area contributed by atoms with Gasteiger partial charge in [0, 0.05) is 12.5 Å². The third kappa shape index (κ3) is 1.41. The van der Waals surface area contributed by atoms with E-state index in [1.807, 2.05) is 0 Å². The normalized spacial score (nSPS) is 28.8. The molecule has 1 aliphatic rings. The van der Waals surface area contributed by atoms with Gasteiger partial charge in [0.25, 0.3) is 0 Å². The topological polar surface area (TPSA) is 57.5 Å². The van der Waals surface area contributed by atoms with Crippen LogP contribution in [0, 0.1) is 11.7 Å². The molecule has 1 saturated carbocycles. The summed E-state index contributed by atoms with van der Waals surface area (Å²) in [5.41, 5.74) is -0.432. The van der Waals surface area contributed by atoms with Crippen LogP contribution in [0.4, 0.5) is 4.39 Å². The summed E-state index contributed by atoms with van der Waals surface area (Å²) >= 11 is 0. The quantitative estimate of drug-likeness (QED) is 0.787. The van der Waals surface area contributed by atoms with Crippen LogP contribution in [0.1, 0.15) is 12.0 Å². The van der Waals surface area contributed by atoms with Crippen molar-refractivity contribution in [3.63, 3.8) is 0 Å². The zero-order chi connectivity index (χ0) is 11.1. The van der Waals surface area contributed by atoms with Crippen molar-refractivity contribution in [2.24, 2.45) is 5.92 Å². The molecule has 0 radical (unpaired) electrons. The van der Waals surface area contributed by atoms with E-state index in [4.69, 9.17) is 10.2 Å². The summed E-state index contributed by atoms with van der Waals surface area (Å²) in [7, 11) is 0. The van der Waals surface area contributed by atoms with E-state index in [1.165, 1.54) is 24.3 Å². The van der Waals surface area contributed by atoms with Gasteiger partial charge in [0.15, 0.2) is 0 Å². The lowest BCUT2D eigenvalue weighted by Crippen LogP contribution is -2.23. The van der Waals surface area contributed by atoms with Gasteiger partial charge in [0.1, 0.15) is 5.82 Å². The first-order valence-electron chi connectivity index (χ1n) is 4.71. The molecule has 1 aromatic rings. The summed E-state index contributed by atoms with van der Waals surface area (Å²) in [4.78, 5) is 11.1. The molecule has 2 N–H and O–H groups in total. The molecule has 2 rings (SSSR count). The van der Waals surface area contributed by atoms with Crippen molar-refractivity contribution < 1.29 is 19.4 Å². The standard InChI is InChI=1S/C11H11FO3/c12-9-3-1-7(2-4-9)11(10(14)15)5-8(11)6-13/h1-4,8,13H,5-6H2,(H,14,15). The monoisotopic (exact) mass is 210 g/mol. The maximum absolute atomic E-state index is 12.7. The van der Waals surface area contributed by atoms with Crippen molar-refractivity contribution in [2.45, 2.75) is 11.8 Å². The SMILES string of the molecule is O=C(O)C1(c2ccc(F)cc2)CC1CO. The summed E-state index contributed by atoms with van der Waals surface area (Å²) < 4.78 is 12.7. The Hall–Kier alpha value is -1.42. The molecule has 0 bridgehead atoms. The zero-order valence-corrected chi connectivity index (χ0v) is 7.98. The van der Waals surface area contributed by atoms with Gasteiger partial charge in [0.05, 0.1) is 5.41 Å². The Morgan fingerprint density at radius 2 is 2.07 bits per heavy atom. The van der Waals surface area contributed by atoms with Gasteiger partial charge >= 0.3 is 5.97 Å². The molecule has 2 unspecified atom stereocenters. The second-order valence-corrected chi connectivity index (χ2v) is 3.87. The highest BCUT2D eigenvalue weighted by Crippen LogP contribution is 2.54. The van der Waals surface area contributed by atoms with Crippen molar-refractivity contribution >= 4 is 5.97 Å². The molecule has 0 saturated heterocycles. The van der Waals surface area contributed by atoms with Crippen molar-refractivity contribution in [1.29, 1.82) is 0 Å². The van der Waals surface area contributed by atoms with E-state index in [0.717, 1.165) is 0 Å². The van der Waals surface area contributed by atoms with Crippen molar-refractivity contribution in [1.82, 2.24) is 0 Å². The van der Waals surface area contributed by atoms with E-state index in [1.54, 1.807) is 0 Å². The predicted molar refractivity (Wildman–Crippen MR) is 50.9 cm³/mol. The predicted octanol–water partition coefficient (Wildman–Crippen LogP) is 1.16. The summed E-state index contributed by atoms with van der Waals surface area (Å²) in [6, 6.07) is 5.43. The molecule has 3 nitrogen and oxygen atoms in total. The summed E-state index contributed by atoms with van der Waals surface area (Å²) in [6.45, 7) is -0.149. The van der Waals surface area contributed by atoms with Crippen LogP contribution in [-0.4, -0.2) is 22.8 Å². The molecule has 1 fully saturated rings. The molecule has 0 aromatic heterocycles. The number of aliphatic carboxylic acids is 1. The highest BCUT2D eigenvalue weighted by atomic mass is 19.1. The molecule has 0 spiro atoms. The van der Waals surface area contributed by atoms with Crippen LogP contribution in [-0.2, 0) is 10.2 Å². The fourth-order valence-corrected chi connectivity index (χ4v) is 2.04. The minimum Gasteiger partial charge on any atom is -0.481 e. The second kappa shape index (κ2) is 3.31. The maximum Gasteiger partial charge on any atom is 0.314 e. The van der Waals surface area contributed by atoms with Crippen LogP contribution in [0.25, 0.3) is 0 Å². The summed E-state index contributed by atoms with van der Waals surface area (Å²) in [5.74, 6) is -1.59. The molecule has 0 aliphatic heterocycles. The molecule has 0 amide bonds. The van der Waals surface area contributed by atoms with E-state index in [-0.39, 0.29) is 18.3 Å². The number of benzene rings is 1. The Kier molecular flexibility index (Phi) is 2.23. The Bertz CT molecular complexity index is 387. The van der Waals surface area contributed by atoms with Crippen LogP contribution in [0.2, 0.25) is 0 Å². The molecule has 1 aliphatic carbocycles. The lowest BCUT2D eigenvalue weighted by atomic mass is 9.93. The van der Waals surface area contributed by atoms with Gasteiger partial charge in [-0.2, -0.15) is 0 Å². The zero-order valence-electron chi connectivity index (χ0n) is 7.98. The Morgan fingerprint density at radius 1 is 1.47 bits per heavy atom. The smallest absolute Gasteiger partial charge is 0.314 e. The Morgan fingerprint density at radius 3 is 2.47 bits per heavy atom. The van der Waals surface area contributed by atoms with Gasteiger partial charge in [0.2, 0.25) is 0 Å². The number of aliphatic hydroxyl groups is 1. The second-order valence-electron chi connectivity index (χ2n) is 3.87. The number of carbonyl (C=O) groups is 1. The van der Waals surface area contributed by atoms with E-state index in [2.05, 4.69) is 0 Å². The number of hydrogen-bond acceptors (Lipinski definition) is 2. The average Bonchev–Trinajstić information content (AvgIpc) is 2.94. The number of carboxylic acids is 1. The van der Waals surface area contributed by atoms with Crippen molar-refractivity contribution in [2.75, 3.05) is 6.61 Å². The van der Waals surface area contributed by atoms with Crippen LogP contribution in [0.15, 0.2) is 24.3 Å². The molecule has 4 heteroatoms. The first-order chi connectivity index (χ1) is 7.11. The Balaban J connectivity index is 2.36. The number of halogens is 1. The molecule has 0 heterocycles. The number of carboxylic acid groups (broad SMARTS) is 1. The first kappa shape index (κ1) is 10.1. The van der Waals surface area contributed by atoms with Gasteiger partial charge in [-0.3, -0.25) is 4.79 Å². The van der Waals surface area contributed by atoms with E-state index in [0.29, 0.717) is 12.0 Å². The van der Waals surface area contributed by atoms with E-state index >= 15 is 0 Å². The number of rotatable bonds is 3. The van der Waals surface area contributed by atoms with Crippen molar-refractivity contribution in [3.05, 3.63) is 35.6 Å². The number of hydrogen-bond donors (Lipinski definition) is 2. The fraction of sp³-hybridized carbons (Fsp3) is 0.364. The van der Waals surface area contributed by atoms with Crippen LogP contribution in [0.3, 0.4) is 0 Å². The largest absolute Gasteiger partial charge is 0.481 e. The fourth-order valence-electron chi connectivity index (χ4n) is 2.04. The van der Waals surface area contributed by atoms with Crippen LogP contribution in [0.5, 0.6) is 0 Å². The minimum atomic E-state index is -0.998. The third-order valence-corrected chi connectivity index (χ3v) is 3.07. The first-order valence-corrected chi connectivity index (χ1v) is 4.71. The van der Waals surface area contributed by atoms with Gasteiger partial charge in [-0.1, -0.05) is 12.1 Å². The molecule has 1 aromatic carbocycles. The molecular weight excluding hydrogens is 199 g/mol. The van der Waals surface area contributed by atoms with Gasteiger partial charge < -0.3 is 10.2 Å². The molecule has 80 valence electrons. The highest BCUT2D eigenvalue weighted by Gasteiger charge is 2.61. The lowest BCUT2D eigenvalue weighted by molar-refractivity contribution is -0.140.